The number of nitrogens with one attached hydrogen (secondary N) is 2. The van der Waals surface area contributed by atoms with Crippen LogP contribution < -0.4 is 37.9 Å². The Kier molecular flexibility index (Phi) is 16.4. The van der Waals surface area contributed by atoms with E-state index in [-0.39, 0.29) is 64.3 Å². The minimum Gasteiger partial charge on any atom is -0.496 e. The van der Waals surface area contributed by atoms with Crippen LogP contribution in [-0.4, -0.2) is 84.0 Å². The lowest BCUT2D eigenvalue weighted by Gasteiger charge is -2.15. The summed E-state index contributed by atoms with van der Waals surface area (Å²) in [5.41, 5.74) is 2.26. The number of nitrogens with zero attached hydrogens (tertiary/aromatic N) is 2. The maximum absolute atomic E-state index is 13.2. The number of anilines is 2. The highest BCUT2D eigenvalue weighted by molar-refractivity contribution is 7.93. The Morgan fingerprint density at radius 2 is 0.966 bits per heavy atom. The van der Waals surface area contributed by atoms with E-state index in [2.05, 4.69) is 19.8 Å². The molecule has 4 aromatic carbocycles. The number of hydrogen-bond donors (Lipinski definition) is 2. The van der Waals surface area contributed by atoms with Gasteiger partial charge in [-0.2, -0.15) is 0 Å². The molecule has 6 rings (SSSR count). The molecule has 18 nitrogen and oxygen atoms in total. The summed E-state index contributed by atoms with van der Waals surface area (Å²) in [6.45, 7) is 0.664. The molecule has 0 aliphatic heterocycles. The monoisotopic (exact) mass is 882 g/mol. The summed E-state index contributed by atoms with van der Waals surface area (Å²) >= 11 is 6.10. The minimum absolute atomic E-state index is 0. The molecule has 322 valence electrons. The number of rotatable bonds is 16. The van der Waals surface area contributed by atoms with E-state index in [9.17, 15) is 16.8 Å². The Hall–Kier alpha value is -5.67. The lowest BCUT2D eigenvalue weighted by molar-refractivity contribution is 0.184. The van der Waals surface area contributed by atoms with E-state index < -0.39 is 20.0 Å². The Bertz CT molecular complexity index is 2570. The summed E-state index contributed by atoms with van der Waals surface area (Å²) in [4.78, 5) is -0.410. The SMILES string of the molecule is C.C.COCc1cc(OC)c2c(NS(=O)(=O)c3c(OC)ccc(Cl)c3OC)noc2c1.COCc1cc(OC)c2c(NS(=O)(=O)c3c(OC)cccc3OC)noc2c1. The Labute approximate surface area is 347 Å². The van der Waals surface area contributed by atoms with Crippen molar-refractivity contribution in [2.45, 2.75) is 37.9 Å². The van der Waals surface area contributed by atoms with Gasteiger partial charge < -0.3 is 46.9 Å². The van der Waals surface area contributed by atoms with Crippen molar-refractivity contribution in [3.05, 3.63) is 70.7 Å². The van der Waals surface area contributed by atoms with E-state index in [0.717, 1.165) is 11.1 Å². The number of aromatic nitrogens is 2. The molecule has 0 unspecified atom stereocenters. The van der Waals surface area contributed by atoms with Crippen molar-refractivity contribution in [2.24, 2.45) is 0 Å². The third-order valence-electron chi connectivity index (χ3n) is 8.09. The molecule has 59 heavy (non-hydrogen) atoms. The number of sulfonamides is 2. The molecule has 2 heterocycles. The van der Waals surface area contributed by atoms with Gasteiger partial charge in [0.25, 0.3) is 20.0 Å². The summed E-state index contributed by atoms with van der Waals surface area (Å²) in [6.07, 6.45) is 0. The number of fused-ring (bicyclic) bond motifs is 2. The van der Waals surface area contributed by atoms with Crippen LogP contribution >= 0.6 is 11.6 Å². The van der Waals surface area contributed by atoms with Gasteiger partial charge in [0, 0.05) is 14.2 Å². The summed E-state index contributed by atoms with van der Waals surface area (Å²) < 4.78 is 110. The second kappa shape index (κ2) is 20.3. The topological polar surface area (TPSA) is 218 Å². The quantitative estimate of drug-likeness (QED) is 0.0960. The average Bonchev–Trinajstić information content (AvgIpc) is 3.79. The lowest BCUT2D eigenvalue weighted by Crippen LogP contribution is -2.16. The summed E-state index contributed by atoms with van der Waals surface area (Å²) in [7, 11) is 3.13. The van der Waals surface area contributed by atoms with Crippen molar-refractivity contribution in [1.82, 2.24) is 10.3 Å². The fraction of sp³-hybridized carbons (Fsp3) is 0.316. The lowest BCUT2D eigenvalue weighted by atomic mass is 10.1. The summed E-state index contributed by atoms with van der Waals surface area (Å²) in [5, 5.41) is 8.57. The average molecular weight is 883 g/mol. The van der Waals surface area contributed by atoms with Gasteiger partial charge >= 0.3 is 0 Å². The molecule has 0 amide bonds. The van der Waals surface area contributed by atoms with E-state index >= 15 is 0 Å². The first kappa shape index (κ1) is 47.7. The van der Waals surface area contributed by atoms with E-state index in [1.165, 1.54) is 66.9 Å². The highest BCUT2D eigenvalue weighted by Crippen LogP contribution is 2.42. The van der Waals surface area contributed by atoms with Crippen LogP contribution in [-0.2, 0) is 42.7 Å². The van der Waals surface area contributed by atoms with Crippen LogP contribution in [0, 0.1) is 0 Å². The zero-order chi connectivity index (χ0) is 41.5. The normalized spacial score (nSPS) is 11.1. The number of halogens is 1. The molecule has 21 heteroatoms. The van der Waals surface area contributed by atoms with Crippen LogP contribution in [0.1, 0.15) is 26.0 Å². The summed E-state index contributed by atoms with van der Waals surface area (Å²) in [5.74, 6) is 0.979. The van der Waals surface area contributed by atoms with Crippen LogP contribution in [0.15, 0.2) is 73.4 Å². The van der Waals surface area contributed by atoms with Crippen LogP contribution in [0.5, 0.6) is 34.5 Å². The predicted octanol–water partition coefficient (Wildman–Crippen LogP) is 7.53. The molecule has 0 atom stereocenters. The molecule has 0 aliphatic rings. The van der Waals surface area contributed by atoms with Crippen LogP contribution in [0.2, 0.25) is 5.02 Å². The van der Waals surface area contributed by atoms with Crippen LogP contribution in [0.3, 0.4) is 0 Å². The fourth-order valence-corrected chi connectivity index (χ4v) is 8.67. The van der Waals surface area contributed by atoms with Crippen LogP contribution in [0.25, 0.3) is 21.9 Å². The number of benzene rings is 4. The first-order valence-electron chi connectivity index (χ1n) is 16.4. The fourth-order valence-electron chi connectivity index (χ4n) is 5.71. The molecule has 0 saturated heterocycles. The van der Waals surface area contributed by atoms with Crippen molar-refractivity contribution >= 4 is 65.2 Å². The predicted molar refractivity (Wildman–Crippen MR) is 222 cm³/mol. The van der Waals surface area contributed by atoms with Crippen molar-refractivity contribution in [3.63, 3.8) is 0 Å². The molecule has 0 saturated carbocycles. The van der Waals surface area contributed by atoms with Crippen molar-refractivity contribution < 1.29 is 63.8 Å². The first-order chi connectivity index (χ1) is 27.3. The molecular formula is C38H47ClN4O14S2. The number of ether oxygens (including phenoxy) is 8. The third kappa shape index (κ3) is 9.97. The van der Waals surface area contributed by atoms with Gasteiger partial charge in [-0.3, -0.25) is 9.44 Å². The molecule has 0 aliphatic carbocycles. The second-order valence-electron chi connectivity index (χ2n) is 11.6. The molecule has 6 aromatic rings. The van der Waals surface area contributed by atoms with Crippen molar-refractivity contribution in [3.8, 4) is 34.5 Å². The maximum atomic E-state index is 13.2. The van der Waals surface area contributed by atoms with Gasteiger partial charge in [0.2, 0.25) is 0 Å². The van der Waals surface area contributed by atoms with Gasteiger partial charge in [-0.15, -0.1) is 0 Å². The summed E-state index contributed by atoms with van der Waals surface area (Å²) in [6, 6.07) is 14.4. The van der Waals surface area contributed by atoms with Crippen molar-refractivity contribution in [2.75, 3.05) is 66.3 Å². The van der Waals surface area contributed by atoms with Crippen molar-refractivity contribution in [1.29, 1.82) is 0 Å². The van der Waals surface area contributed by atoms with Gasteiger partial charge in [0.05, 0.1) is 60.9 Å². The molecule has 0 radical (unpaired) electrons. The maximum Gasteiger partial charge on any atom is 0.270 e. The van der Waals surface area contributed by atoms with Gasteiger partial charge in [0.1, 0.15) is 39.5 Å². The van der Waals surface area contributed by atoms with Gasteiger partial charge in [-0.05, 0) is 59.7 Å². The van der Waals surface area contributed by atoms with Gasteiger partial charge in [-0.1, -0.05) is 42.8 Å². The van der Waals surface area contributed by atoms with Gasteiger partial charge in [-0.25, -0.2) is 16.8 Å². The van der Waals surface area contributed by atoms with E-state index in [1.807, 2.05) is 0 Å². The van der Waals surface area contributed by atoms with E-state index in [1.54, 1.807) is 44.6 Å². The minimum atomic E-state index is -4.22. The number of hydrogen-bond acceptors (Lipinski definition) is 16. The highest BCUT2D eigenvalue weighted by atomic mass is 35.5. The standard InChI is InChI=1S/C18H19ClN2O7S.C18H20N2O7S.2CH4/c1-24-9-10-7-13(26-3)15-14(8-10)28-20-18(15)21-29(22,23)17-12(25-2)6-5-11(19)16(17)27-4;1-23-10-11-8-14(26-4)16-15(9-11)27-19-18(16)20-28(21,22)17-12(24-2)6-5-7-13(17)25-3;;/h5-8H,9H2,1-4H3,(H,20,21);5-9H,10H2,1-4H3,(H,19,20);2*1H4. The van der Waals surface area contributed by atoms with Gasteiger partial charge in [0.15, 0.2) is 38.3 Å². The Balaban J connectivity index is 0.000000305. The molecule has 0 spiro atoms. The molecular weight excluding hydrogens is 836 g/mol. The Morgan fingerprint density at radius 3 is 1.36 bits per heavy atom. The zero-order valence-corrected chi connectivity index (χ0v) is 34.3. The zero-order valence-electron chi connectivity index (χ0n) is 31.9. The Morgan fingerprint density at radius 1 is 0.559 bits per heavy atom. The smallest absolute Gasteiger partial charge is 0.270 e. The van der Waals surface area contributed by atoms with Crippen LogP contribution in [0.4, 0.5) is 11.6 Å². The number of methoxy groups -OCH3 is 8. The van der Waals surface area contributed by atoms with E-state index in [0.29, 0.717) is 46.7 Å². The first-order valence-corrected chi connectivity index (χ1v) is 19.7. The molecule has 2 aromatic heterocycles. The highest BCUT2D eigenvalue weighted by Gasteiger charge is 2.30. The molecule has 0 fully saturated rings. The van der Waals surface area contributed by atoms with E-state index in [4.69, 9.17) is 58.5 Å². The largest absolute Gasteiger partial charge is 0.496 e. The molecule has 0 bridgehead atoms. The second-order valence-corrected chi connectivity index (χ2v) is 15.2. The molecule has 2 N–H and O–H groups in total. The third-order valence-corrected chi connectivity index (χ3v) is 11.2.